The van der Waals surface area contributed by atoms with Crippen molar-refractivity contribution in [1.29, 1.82) is 0 Å². The van der Waals surface area contributed by atoms with Gasteiger partial charge in [-0.2, -0.15) is 0 Å². The number of carbonyl (C=O) groups excluding carboxylic acids is 1. The predicted octanol–water partition coefficient (Wildman–Crippen LogP) is 3.55. The highest BCUT2D eigenvalue weighted by atomic mass is 32.2. The summed E-state index contributed by atoms with van der Waals surface area (Å²) in [4.78, 5) is 23.4. The first-order valence-corrected chi connectivity index (χ1v) is 11.3. The summed E-state index contributed by atoms with van der Waals surface area (Å²) in [5.74, 6) is -0.0448. The van der Waals surface area contributed by atoms with Crippen LogP contribution in [0.5, 0.6) is 0 Å². The Balaban J connectivity index is 1.84. The number of hydrogen-bond acceptors (Lipinski definition) is 5. The van der Waals surface area contributed by atoms with Crippen LogP contribution in [-0.2, 0) is 14.6 Å². The molecule has 1 unspecified atom stereocenters. The zero-order chi connectivity index (χ0) is 21.0. The number of anilines is 1. The Morgan fingerprint density at radius 2 is 1.83 bits per heavy atom. The van der Waals surface area contributed by atoms with Gasteiger partial charge in [-0.15, -0.1) is 0 Å². The first-order valence-electron chi connectivity index (χ1n) is 9.42. The molecule has 0 bridgehead atoms. The summed E-state index contributed by atoms with van der Waals surface area (Å²) in [6.07, 6.45) is 12.5. The molecule has 2 aromatic heterocycles. The van der Waals surface area contributed by atoms with Gasteiger partial charge in [-0.25, -0.2) is 8.42 Å². The lowest BCUT2D eigenvalue weighted by atomic mass is 9.75. The Bertz CT molecular complexity index is 1180. The van der Waals surface area contributed by atoms with Gasteiger partial charge in [-0.1, -0.05) is 19.9 Å². The van der Waals surface area contributed by atoms with E-state index >= 15 is 0 Å². The van der Waals surface area contributed by atoms with Crippen molar-refractivity contribution in [3.05, 3.63) is 65.9 Å². The molecule has 0 N–H and O–H groups in total. The quantitative estimate of drug-likeness (QED) is 0.774. The minimum absolute atomic E-state index is 0.0124. The molecule has 0 spiro atoms. The second-order valence-corrected chi connectivity index (χ2v) is 10.3. The third-order valence-corrected chi connectivity index (χ3v) is 6.79. The fourth-order valence-corrected chi connectivity index (χ4v) is 4.62. The van der Waals surface area contributed by atoms with Gasteiger partial charge in [-0.05, 0) is 48.3 Å². The highest BCUT2D eigenvalue weighted by Crippen LogP contribution is 2.50. The molecule has 29 heavy (non-hydrogen) atoms. The number of nitrogens with zero attached hydrogens (tertiary/aromatic N) is 3. The van der Waals surface area contributed by atoms with Crippen LogP contribution in [0.4, 0.5) is 5.69 Å². The van der Waals surface area contributed by atoms with Crippen LogP contribution in [0.1, 0.15) is 31.4 Å². The lowest BCUT2D eigenvalue weighted by molar-refractivity contribution is -0.125. The average molecular weight is 410 g/mol. The lowest BCUT2D eigenvalue weighted by Gasteiger charge is -2.26. The predicted molar refractivity (Wildman–Crippen MR) is 112 cm³/mol. The maximum Gasteiger partial charge on any atom is 0.237 e. The number of carbonyl (C=O) groups is 1. The maximum atomic E-state index is 13.3. The Hall–Kier alpha value is -2.80. The molecule has 1 fully saturated rings. The molecule has 6 nitrogen and oxygen atoms in total. The number of allylic oxidation sites excluding steroid dienone is 4. The first kappa shape index (κ1) is 19.5. The van der Waals surface area contributed by atoms with Crippen LogP contribution >= 0.6 is 0 Å². The van der Waals surface area contributed by atoms with E-state index in [0.29, 0.717) is 5.69 Å². The maximum absolute atomic E-state index is 13.3. The van der Waals surface area contributed by atoms with Crippen LogP contribution in [0.15, 0.2) is 59.7 Å². The smallest absolute Gasteiger partial charge is 0.237 e. The highest BCUT2D eigenvalue weighted by Gasteiger charge is 2.51. The second kappa shape index (κ2) is 6.62. The first-order chi connectivity index (χ1) is 13.6. The van der Waals surface area contributed by atoms with Crippen LogP contribution in [0.25, 0.3) is 5.57 Å². The van der Waals surface area contributed by atoms with E-state index in [-0.39, 0.29) is 16.7 Å². The second-order valence-electron chi connectivity index (χ2n) is 8.28. The van der Waals surface area contributed by atoms with Crippen LogP contribution in [0.2, 0.25) is 0 Å². The molecule has 1 saturated heterocycles. The van der Waals surface area contributed by atoms with Crippen molar-refractivity contribution in [2.45, 2.75) is 32.1 Å². The molecule has 2 aliphatic rings. The molecule has 1 atom stereocenters. The van der Waals surface area contributed by atoms with E-state index in [1.807, 2.05) is 33.0 Å². The average Bonchev–Trinajstić information content (AvgIpc) is 2.87. The van der Waals surface area contributed by atoms with Crippen molar-refractivity contribution in [3.63, 3.8) is 0 Å². The molecule has 1 amide bonds. The molecule has 1 aliphatic carbocycles. The van der Waals surface area contributed by atoms with E-state index in [1.165, 1.54) is 18.5 Å². The Morgan fingerprint density at radius 1 is 1.10 bits per heavy atom. The van der Waals surface area contributed by atoms with Crippen molar-refractivity contribution in [1.82, 2.24) is 9.97 Å². The number of sulfone groups is 1. The van der Waals surface area contributed by atoms with E-state index in [4.69, 9.17) is 0 Å². The zero-order valence-corrected chi connectivity index (χ0v) is 17.7. The van der Waals surface area contributed by atoms with Gasteiger partial charge in [0.05, 0.1) is 22.2 Å². The molecular weight excluding hydrogens is 386 g/mol. The topological polar surface area (TPSA) is 80.2 Å². The monoisotopic (exact) mass is 409 g/mol. The van der Waals surface area contributed by atoms with Crippen molar-refractivity contribution in [2.24, 2.45) is 11.3 Å². The highest BCUT2D eigenvalue weighted by molar-refractivity contribution is 7.90. The number of amides is 1. The van der Waals surface area contributed by atoms with Crippen molar-refractivity contribution < 1.29 is 13.2 Å². The SMILES string of the molecule is Cc1cncc(C2=CCC3C(=C2)N(c2cncc(S(C)(=O)=O)c2)C(=O)C3(C)C)c1. The summed E-state index contributed by atoms with van der Waals surface area (Å²) < 4.78 is 24.0. The molecule has 2 aromatic rings. The summed E-state index contributed by atoms with van der Waals surface area (Å²) >= 11 is 0. The Morgan fingerprint density at radius 3 is 2.52 bits per heavy atom. The minimum atomic E-state index is -3.43. The van der Waals surface area contributed by atoms with Gasteiger partial charge < -0.3 is 0 Å². The summed E-state index contributed by atoms with van der Waals surface area (Å²) in [6, 6.07) is 3.58. The standard InChI is InChI=1S/C22H23N3O3S/c1-14-7-16(11-23-10-14)15-5-6-19-20(8-15)25(21(26)22(19,2)3)17-9-18(13-24-12-17)29(4,27)28/h5,7-13,19H,6H2,1-4H3. The van der Waals surface area contributed by atoms with Crippen molar-refractivity contribution >= 4 is 27.0 Å². The molecule has 3 heterocycles. The fourth-order valence-electron chi connectivity index (χ4n) is 4.04. The van der Waals surface area contributed by atoms with E-state index in [1.54, 1.807) is 11.1 Å². The van der Waals surface area contributed by atoms with E-state index in [9.17, 15) is 13.2 Å². The zero-order valence-electron chi connectivity index (χ0n) is 16.9. The molecule has 0 saturated carbocycles. The molecule has 0 radical (unpaired) electrons. The molecule has 150 valence electrons. The van der Waals surface area contributed by atoms with Gasteiger partial charge in [-0.3, -0.25) is 19.7 Å². The number of aromatic nitrogens is 2. The van der Waals surface area contributed by atoms with E-state index in [2.05, 4.69) is 22.1 Å². The lowest BCUT2D eigenvalue weighted by Crippen LogP contribution is -2.31. The van der Waals surface area contributed by atoms with E-state index < -0.39 is 15.3 Å². The summed E-state index contributed by atoms with van der Waals surface area (Å²) in [7, 11) is -3.43. The van der Waals surface area contributed by atoms with Crippen molar-refractivity contribution in [3.8, 4) is 0 Å². The van der Waals surface area contributed by atoms with Gasteiger partial charge in [0.15, 0.2) is 9.84 Å². The normalized spacial score (nSPS) is 20.9. The van der Waals surface area contributed by atoms with Gasteiger partial charge in [0.25, 0.3) is 0 Å². The van der Waals surface area contributed by atoms with Crippen LogP contribution in [0.3, 0.4) is 0 Å². The Kier molecular flexibility index (Phi) is 4.46. The van der Waals surface area contributed by atoms with Gasteiger partial charge in [0.1, 0.15) is 0 Å². The number of fused-ring (bicyclic) bond motifs is 1. The van der Waals surface area contributed by atoms with Gasteiger partial charge in [0, 0.05) is 36.5 Å². The summed E-state index contributed by atoms with van der Waals surface area (Å²) in [6.45, 7) is 5.87. The van der Waals surface area contributed by atoms with E-state index in [0.717, 1.165) is 35.1 Å². The van der Waals surface area contributed by atoms with Crippen LogP contribution in [0, 0.1) is 18.3 Å². The molecule has 7 heteroatoms. The van der Waals surface area contributed by atoms with Crippen LogP contribution < -0.4 is 4.90 Å². The largest absolute Gasteiger partial charge is 0.282 e. The van der Waals surface area contributed by atoms with Crippen LogP contribution in [-0.4, -0.2) is 30.5 Å². The third-order valence-electron chi connectivity index (χ3n) is 5.71. The molecule has 4 rings (SSSR count). The summed E-state index contributed by atoms with van der Waals surface area (Å²) in [5.41, 5.74) is 3.81. The Labute approximate surface area is 170 Å². The van der Waals surface area contributed by atoms with Crippen molar-refractivity contribution in [2.75, 3.05) is 11.2 Å². The number of hydrogen-bond donors (Lipinski definition) is 0. The fraction of sp³-hybridized carbons (Fsp3) is 0.318. The molecule has 1 aliphatic heterocycles. The summed E-state index contributed by atoms with van der Waals surface area (Å²) in [5, 5.41) is 0. The molecule has 0 aromatic carbocycles. The third kappa shape index (κ3) is 3.29. The van der Waals surface area contributed by atoms with Gasteiger partial charge in [0.2, 0.25) is 5.91 Å². The number of rotatable bonds is 3. The minimum Gasteiger partial charge on any atom is -0.282 e. The van der Waals surface area contributed by atoms with Gasteiger partial charge >= 0.3 is 0 Å². The molecular formula is C22H23N3O3S. The number of aryl methyl sites for hydroxylation is 1. The number of pyridine rings is 2.